The van der Waals surface area contributed by atoms with Crippen LogP contribution in [0.5, 0.6) is 0 Å². The van der Waals surface area contributed by atoms with Crippen molar-refractivity contribution in [2.24, 2.45) is 4.99 Å². The van der Waals surface area contributed by atoms with Gasteiger partial charge < -0.3 is 4.57 Å². The maximum atomic E-state index is 13.8. The Morgan fingerprint density at radius 3 is 2.39 bits per heavy atom. The van der Waals surface area contributed by atoms with Crippen LogP contribution in [0.3, 0.4) is 0 Å². The van der Waals surface area contributed by atoms with Gasteiger partial charge in [0.05, 0.1) is 6.54 Å². The summed E-state index contributed by atoms with van der Waals surface area (Å²) in [5.41, 5.74) is 1.95. The van der Waals surface area contributed by atoms with Crippen molar-refractivity contribution in [1.82, 2.24) is 4.57 Å². The van der Waals surface area contributed by atoms with Crippen LogP contribution in [0.1, 0.15) is 11.3 Å². The molecule has 2 aromatic carbocycles. The van der Waals surface area contributed by atoms with Crippen LogP contribution < -0.4 is 4.80 Å². The van der Waals surface area contributed by atoms with Gasteiger partial charge in [-0.3, -0.25) is 0 Å². The van der Waals surface area contributed by atoms with Gasteiger partial charge in [-0.15, -0.1) is 11.3 Å². The topological polar surface area (TPSA) is 17.3 Å². The molecular formula is C17H13F3N2S. The lowest BCUT2D eigenvalue weighted by molar-refractivity contribution is 0.584. The Morgan fingerprint density at radius 2 is 1.70 bits per heavy atom. The van der Waals surface area contributed by atoms with Gasteiger partial charge >= 0.3 is 0 Å². The predicted octanol–water partition coefficient (Wildman–Crippen LogP) is 4.56. The van der Waals surface area contributed by atoms with Gasteiger partial charge in [-0.05, 0) is 36.8 Å². The van der Waals surface area contributed by atoms with Gasteiger partial charge in [0.25, 0.3) is 0 Å². The summed E-state index contributed by atoms with van der Waals surface area (Å²) in [5, 5.41) is 1.91. The van der Waals surface area contributed by atoms with Gasteiger partial charge in [-0.2, -0.15) is 0 Å². The molecule has 0 aliphatic rings. The summed E-state index contributed by atoms with van der Waals surface area (Å²) in [4.78, 5) is 4.88. The quantitative estimate of drug-likeness (QED) is 0.668. The van der Waals surface area contributed by atoms with Crippen LogP contribution in [0, 0.1) is 24.4 Å². The molecule has 1 heterocycles. The normalized spacial score (nSPS) is 11.9. The first-order chi connectivity index (χ1) is 11.0. The number of rotatable bonds is 3. The van der Waals surface area contributed by atoms with Gasteiger partial charge in [0, 0.05) is 17.1 Å². The van der Waals surface area contributed by atoms with Crippen molar-refractivity contribution in [2.45, 2.75) is 13.5 Å². The summed E-state index contributed by atoms with van der Waals surface area (Å²) in [6.07, 6.45) is 0. The molecule has 3 aromatic rings. The van der Waals surface area contributed by atoms with E-state index in [9.17, 15) is 13.2 Å². The van der Waals surface area contributed by atoms with Crippen molar-refractivity contribution in [1.29, 1.82) is 0 Å². The van der Waals surface area contributed by atoms with Gasteiger partial charge in [-0.1, -0.05) is 12.1 Å². The van der Waals surface area contributed by atoms with Crippen molar-refractivity contribution < 1.29 is 13.2 Å². The molecule has 0 saturated heterocycles. The molecule has 0 fully saturated rings. The lowest BCUT2D eigenvalue weighted by Gasteiger charge is -2.06. The fourth-order valence-corrected chi connectivity index (χ4v) is 3.03. The van der Waals surface area contributed by atoms with Crippen molar-refractivity contribution in [2.75, 3.05) is 0 Å². The average Bonchev–Trinajstić information content (AvgIpc) is 2.85. The van der Waals surface area contributed by atoms with Crippen LogP contribution in [0.4, 0.5) is 18.9 Å². The fraction of sp³-hybridized carbons (Fsp3) is 0.118. The Hall–Kier alpha value is -2.34. The zero-order valence-electron chi connectivity index (χ0n) is 12.3. The minimum Gasteiger partial charge on any atom is -0.317 e. The molecule has 0 atom stereocenters. The maximum absolute atomic E-state index is 13.8. The standard InChI is InChI=1S/C17H13F3N2S/c1-11-10-23-17(21-16-7-6-14(19)8-15(16)20)22(11)9-12-2-4-13(18)5-3-12/h2-8,10H,9H2,1H3. The van der Waals surface area contributed by atoms with Crippen LogP contribution in [0.2, 0.25) is 0 Å². The molecule has 23 heavy (non-hydrogen) atoms. The molecule has 0 aliphatic carbocycles. The summed E-state index contributed by atoms with van der Waals surface area (Å²) < 4.78 is 41.6. The van der Waals surface area contributed by atoms with Gasteiger partial charge in [0.1, 0.15) is 17.3 Å². The molecule has 1 aromatic heterocycles. The number of aromatic nitrogens is 1. The minimum atomic E-state index is -0.704. The number of nitrogens with zero attached hydrogens (tertiary/aromatic N) is 2. The third-order valence-electron chi connectivity index (χ3n) is 3.37. The molecule has 2 nitrogen and oxygen atoms in total. The number of aryl methyl sites for hydroxylation is 1. The Bertz CT molecular complexity index is 895. The van der Waals surface area contributed by atoms with E-state index >= 15 is 0 Å². The van der Waals surface area contributed by atoms with Crippen molar-refractivity contribution in [3.05, 3.63) is 81.4 Å². The summed E-state index contributed by atoms with van der Waals surface area (Å²) >= 11 is 1.37. The molecule has 3 rings (SSSR count). The molecule has 0 spiro atoms. The SMILES string of the molecule is Cc1csc(=Nc2ccc(F)cc2F)n1Cc1ccc(F)cc1. The Morgan fingerprint density at radius 1 is 1.00 bits per heavy atom. The van der Waals surface area contributed by atoms with Crippen molar-refractivity contribution in [3.63, 3.8) is 0 Å². The third kappa shape index (κ3) is 3.53. The summed E-state index contributed by atoms with van der Waals surface area (Å²) in [6.45, 7) is 2.41. The highest BCUT2D eigenvalue weighted by atomic mass is 32.1. The Labute approximate surface area is 135 Å². The van der Waals surface area contributed by atoms with E-state index in [0.717, 1.165) is 17.3 Å². The van der Waals surface area contributed by atoms with Gasteiger partial charge in [-0.25, -0.2) is 18.2 Å². The second kappa shape index (κ2) is 6.42. The maximum Gasteiger partial charge on any atom is 0.190 e. The van der Waals surface area contributed by atoms with E-state index in [1.165, 1.54) is 35.6 Å². The molecule has 0 N–H and O–H groups in total. The molecule has 0 amide bonds. The highest BCUT2D eigenvalue weighted by Gasteiger charge is 2.06. The predicted molar refractivity (Wildman–Crippen MR) is 84.1 cm³/mol. The number of hydrogen-bond donors (Lipinski definition) is 0. The number of thiazole rings is 1. The van der Waals surface area contributed by atoms with Gasteiger partial charge in [0.15, 0.2) is 10.6 Å². The first kappa shape index (κ1) is 15.6. The Kier molecular flexibility index (Phi) is 4.34. The molecule has 0 bridgehead atoms. The van der Waals surface area contributed by atoms with E-state index in [0.29, 0.717) is 11.3 Å². The first-order valence-corrected chi connectivity index (χ1v) is 7.80. The highest BCUT2D eigenvalue weighted by Crippen LogP contribution is 2.18. The fourth-order valence-electron chi connectivity index (χ4n) is 2.14. The average molecular weight is 334 g/mol. The molecule has 0 radical (unpaired) electrons. The van der Waals surface area contributed by atoms with Crippen molar-refractivity contribution >= 4 is 17.0 Å². The van der Waals surface area contributed by atoms with Crippen LogP contribution in [0.15, 0.2) is 52.8 Å². The summed E-state index contributed by atoms with van der Waals surface area (Å²) in [6, 6.07) is 9.48. The second-order valence-corrected chi connectivity index (χ2v) is 5.92. The molecule has 118 valence electrons. The summed E-state index contributed by atoms with van der Waals surface area (Å²) in [5.74, 6) is -1.63. The molecule has 0 saturated carbocycles. The lowest BCUT2D eigenvalue weighted by atomic mass is 10.2. The highest BCUT2D eigenvalue weighted by molar-refractivity contribution is 7.07. The zero-order chi connectivity index (χ0) is 16.4. The van der Waals surface area contributed by atoms with E-state index in [2.05, 4.69) is 4.99 Å². The van der Waals surface area contributed by atoms with E-state index in [1.807, 2.05) is 16.9 Å². The number of benzene rings is 2. The van der Waals surface area contributed by atoms with E-state index in [-0.39, 0.29) is 11.5 Å². The van der Waals surface area contributed by atoms with Crippen LogP contribution in [-0.2, 0) is 6.54 Å². The van der Waals surface area contributed by atoms with Crippen LogP contribution in [0.25, 0.3) is 0 Å². The molecule has 6 heteroatoms. The number of halogens is 3. The first-order valence-electron chi connectivity index (χ1n) is 6.92. The van der Waals surface area contributed by atoms with Crippen molar-refractivity contribution in [3.8, 4) is 0 Å². The second-order valence-electron chi connectivity index (χ2n) is 5.08. The molecule has 0 unspecified atom stereocenters. The monoisotopic (exact) mass is 334 g/mol. The van der Waals surface area contributed by atoms with Crippen LogP contribution in [-0.4, -0.2) is 4.57 Å². The minimum absolute atomic E-state index is 0.0844. The smallest absolute Gasteiger partial charge is 0.190 e. The largest absolute Gasteiger partial charge is 0.317 e. The third-order valence-corrected chi connectivity index (χ3v) is 4.35. The van der Waals surface area contributed by atoms with Crippen LogP contribution >= 0.6 is 11.3 Å². The zero-order valence-corrected chi connectivity index (χ0v) is 13.1. The van der Waals surface area contributed by atoms with E-state index in [4.69, 9.17) is 0 Å². The van der Waals surface area contributed by atoms with Gasteiger partial charge in [0.2, 0.25) is 0 Å². The molecular weight excluding hydrogens is 321 g/mol. The molecule has 0 aliphatic heterocycles. The number of hydrogen-bond acceptors (Lipinski definition) is 2. The summed E-state index contributed by atoms with van der Waals surface area (Å²) in [7, 11) is 0. The Balaban J connectivity index is 2.01. The van der Waals surface area contributed by atoms with E-state index in [1.54, 1.807) is 12.1 Å². The lowest BCUT2D eigenvalue weighted by Crippen LogP contribution is -2.17. The van der Waals surface area contributed by atoms with E-state index < -0.39 is 11.6 Å².